The van der Waals surface area contributed by atoms with Crippen molar-refractivity contribution >= 4 is 28.9 Å². The Labute approximate surface area is 138 Å². The van der Waals surface area contributed by atoms with Gasteiger partial charge in [0.25, 0.3) is 0 Å². The molecule has 1 amide bonds. The maximum Gasteiger partial charge on any atom is 0.224 e. The second-order valence-electron chi connectivity index (χ2n) is 5.73. The van der Waals surface area contributed by atoms with Gasteiger partial charge in [0.15, 0.2) is 0 Å². The summed E-state index contributed by atoms with van der Waals surface area (Å²) in [7, 11) is 0. The number of carbonyl (C=O) groups excluding carboxylic acids is 1. The topological polar surface area (TPSA) is 35.6 Å². The van der Waals surface area contributed by atoms with Gasteiger partial charge < -0.3 is 15.1 Å². The van der Waals surface area contributed by atoms with Crippen molar-refractivity contribution in [2.75, 3.05) is 42.9 Å². The average molecular weight is 324 g/mol. The zero-order valence-corrected chi connectivity index (χ0v) is 14.3. The van der Waals surface area contributed by atoms with E-state index in [0.29, 0.717) is 11.4 Å². The number of amides is 1. The van der Waals surface area contributed by atoms with Crippen molar-refractivity contribution < 1.29 is 4.79 Å². The quantitative estimate of drug-likeness (QED) is 0.868. The van der Waals surface area contributed by atoms with E-state index in [1.54, 1.807) is 0 Å². The number of piperazine rings is 1. The highest BCUT2D eigenvalue weighted by molar-refractivity contribution is 6.31. The largest absolute Gasteiger partial charge is 0.367 e. The lowest BCUT2D eigenvalue weighted by Crippen LogP contribution is -2.46. The molecule has 0 aliphatic carbocycles. The van der Waals surface area contributed by atoms with E-state index in [-0.39, 0.29) is 5.91 Å². The normalized spacial score (nSPS) is 15.9. The van der Waals surface area contributed by atoms with Crippen molar-refractivity contribution in [2.45, 2.75) is 33.1 Å². The zero-order valence-electron chi connectivity index (χ0n) is 13.6. The Kier molecular flexibility index (Phi) is 6.52. The third kappa shape index (κ3) is 4.62. The number of carbonyl (C=O) groups is 1. The highest BCUT2D eigenvalue weighted by Crippen LogP contribution is 2.30. The van der Waals surface area contributed by atoms with Gasteiger partial charge in [0.1, 0.15) is 0 Å². The number of halogens is 1. The van der Waals surface area contributed by atoms with Crippen molar-refractivity contribution in [3.05, 3.63) is 23.2 Å². The number of likely N-dealkylation sites (N-methyl/N-ethyl adjacent to an activating group) is 1. The first-order valence-electron chi connectivity index (χ1n) is 8.20. The minimum Gasteiger partial charge on any atom is -0.367 e. The summed E-state index contributed by atoms with van der Waals surface area (Å²) in [6, 6.07) is 5.76. The Morgan fingerprint density at radius 1 is 1.23 bits per heavy atom. The number of rotatable bonds is 6. The Morgan fingerprint density at radius 3 is 2.59 bits per heavy atom. The van der Waals surface area contributed by atoms with Gasteiger partial charge in [-0.15, -0.1) is 0 Å². The molecule has 1 aliphatic rings. The van der Waals surface area contributed by atoms with Gasteiger partial charge in [0, 0.05) is 37.6 Å². The molecule has 1 N–H and O–H groups in total. The van der Waals surface area contributed by atoms with E-state index < -0.39 is 0 Å². The van der Waals surface area contributed by atoms with Crippen LogP contribution in [0.3, 0.4) is 0 Å². The second-order valence-corrected chi connectivity index (χ2v) is 6.17. The van der Waals surface area contributed by atoms with Crippen LogP contribution in [0.25, 0.3) is 0 Å². The lowest BCUT2D eigenvalue weighted by molar-refractivity contribution is -0.116. The number of nitrogens with one attached hydrogen (secondary N) is 1. The summed E-state index contributed by atoms with van der Waals surface area (Å²) in [5.41, 5.74) is 1.91. The summed E-state index contributed by atoms with van der Waals surface area (Å²) >= 11 is 6.11. The first-order chi connectivity index (χ1) is 10.6. The van der Waals surface area contributed by atoms with E-state index in [9.17, 15) is 4.79 Å². The van der Waals surface area contributed by atoms with Crippen molar-refractivity contribution in [2.24, 2.45) is 0 Å². The molecule has 2 rings (SSSR count). The second kappa shape index (κ2) is 8.39. The van der Waals surface area contributed by atoms with Crippen molar-refractivity contribution in [3.8, 4) is 0 Å². The SMILES string of the molecule is CCCCC(=O)Nc1cc(Cl)ccc1N1CCN(CC)CC1. The molecule has 1 aromatic rings. The maximum atomic E-state index is 12.0. The minimum atomic E-state index is 0.0672. The Hall–Kier alpha value is -1.26. The molecule has 4 nitrogen and oxygen atoms in total. The number of unbranched alkanes of at least 4 members (excludes halogenated alkanes) is 1. The maximum absolute atomic E-state index is 12.0. The van der Waals surface area contributed by atoms with Gasteiger partial charge in [-0.25, -0.2) is 0 Å². The molecule has 0 unspecified atom stereocenters. The lowest BCUT2D eigenvalue weighted by atomic mass is 10.2. The molecule has 5 heteroatoms. The van der Waals surface area contributed by atoms with Crippen LogP contribution in [0.1, 0.15) is 33.1 Å². The predicted molar refractivity (Wildman–Crippen MR) is 93.9 cm³/mol. The summed E-state index contributed by atoms with van der Waals surface area (Å²) in [5, 5.41) is 3.68. The Morgan fingerprint density at radius 2 is 1.95 bits per heavy atom. The standard InChI is InChI=1S/C17H26ClN3O/c1-3-5-6-17(22)19-15-13-14(18)7-8-16(15)21-11-9-20(4-2)10-12-21/h7-8,13H,3-6,9-12H2,1-2H3,(H,19,22). The van der Waals surface area contributed by atoms with Crippen LogP contribution in [0.2, 0.25) is 5.02 Å². The van der Waals surface area contributed by atoms with Gasteiger partial charge in [-0.3, -0.25) is 4.79 Å². The monoisotopic (exact) mass is 323 g/mol. The molecule has 122 valence electrons. The van der Waals surface area contributed by atoms with E-state index >= 15 is 0 Å². The fraction of sp³-hybridized carbons (Fsp3) is 0.588. The van der Waals surface area contributed by atoms with Gasteiger partial charge in [0.05, 0.1) is 11.4 Å². The molecule has 0 aromatic heterocycles. The van der Waals surface area contributed by atoms with Crippen LogP contribution < -0.4 is 10.2 Å². The smallest absolute Gasteiger partial charge is 0.224 e. The van der Waals surface area contributed by atoms with Crippen LogP contribution in [0.4, 0.5) is 11.4 Å². The molecular formula is C17H26ClN3O. The lowest BCUT2D eigenvalue weighted by Gasteiger charge is -2.36. The number of anilines is 2. The Balaban J connectivity index is 2.09. The molecule has 1 fully saturated rings. The van der Waals surface area contributed by atoms with Gasteiger partial charge in [0.2, 0.25) is 5.91 Å². The Bertz CT molecular complexity index is 499. The van der Waals surface area contributed by atoms with E-state index in [0.717, 1.165) is 56.9 Å². The average Bonchev–Trinajstić information content (AvgIpc) is 2.53. The van der Waals surface area contributed by atoms with E-state index in [2.05, 4.69) is 29.0 Å². The van der Waals surface area contributed by atoms with Gasteiger partial charge in [-0.1, -0.05) is 31.9 Å². The highest BCUT2D eigenvalue weighted by atomic mass is 35.5. The van der Waals surface area contributed by atoms with Crippen molar-refractivity contribution in [1.82, 2.24) is 4.90 Å². The summed E-state index contributed by atoms with van der Waals surface area (Å²) in [6.45, 7) is 9.45. The molecule has 1 saturated heterocycles. The summed E-state index contributed by atoms with van der Waals surface area (Å²) in [5.74, 6) is 0.0672. The minimum absolute atomic E-state index is 0.0672. The first kappa shape index (κ1) is 17.1. The fourth-order valence-corrected chi connectivity index (χ4v) is 2.91. The van der Waals surface area contributed by atoms with Crippen LogP contribution in [0.5, 0.6) is 0 Å². The number of benzene rings is 1. The van der Waals surface area contributed by atoms with Crippen LogP contribution in [0.15, 0.2) is 18.2 Å². The molecule has 0 radical (unpaired) electrons. The van der Waals surface area contributed by atoms with Gasteiger partial charge in [-0.05, 0) is 31.2 Å². The third-order valence-electron chi connectivity index (χ3n) is 4.15. The molecular weight excluding hydrogens is 298 g/mol. The molecule has 1 aliphatic heterocycles. The molecule has 0 atom stereocenters. The molecule has 0 saturated carbocycles. The van der Waals surface area contributed by atoms with E-state index in [4.69, 9.17) is 11.6 Å². The number of hydrogen-bond acceptors (Lipinski definition) is 3. The highest BCUT2D eigenvalue weighted by Gasteiger charge is 2.19. The first-order valence-corrected chi connectivity index (χ1v) is 8.58. The number of nitrogens with zero attached hydrogens (tertiary/aromatic N) is 2. The molecule has 0 bridgehead atoms. The summed E-state index contributed by atoms with van der Waals surface area (Å²) < 4.78 is 0. The van der Waals surface area contributed by atoms with Gasteiger partial charge >= 0.3 is 0 Å². The summed E-state index contributed by atoms with van der Waals surface area (Å²) in [4.78, 5) is 16.8. The zero-order chi connectivity index (χ0) is 15.9. The van der Waals surface area contributed by atoms with Crippen molar-refractivity contribution in [3.63, 3.8) is 0 Å². The summed E-state index contributed by atoms with van der Waals surface area (Å²) in [6.07, 6.45) is 2.50. The van der Waals surface area contributed by atoms with Crippen LogP contribution >= 0.6 is 11.6 Å². The predicted octanol–water partition coefficient (Wildman–Crippen LogP) is 3.61. The van der Waals surface area contributed by atoms with Crippen LogP contribution in [0, 0.1) is 0 Å². The fourth-order valence-electron chi connectivity index (χ4n) is 2.74. The van der Waals surface area contributed by atoms with Crippen molar-refractivity contribution in [1.29, 1.82) is 0 Å². The molecule has 0 spiro atoms. The van der Waals surface area contributed by atoms with Gasteiger partial charge in [-0.2, -0.15) is 0 Å². The van der Waals surface area contributed by atoms with E-state index in [1.165, 1.54) is 0 Å². The molecule has 1 heterocycles. The third-order valence-corrected chi connectivity index (χ3v) is 4.39. The van der Waals surface area contributed by atoms with Crippen LogP contribution in [-0.2, 0) is 4.79 Å². The molecule has 22 heavy (non-hydrogen) atoms. The molecule has 1 aromatic carbocycles. The number of hydrogen-bond donors (Lipinski definition) is 1. The van der Waals surface area contributed by atoms with E-state index in [1.807, 2.05) is 18.2 Å². The van der Waals surface area contributed by atoms with Crippen LogP contribution in [-0.4, -0.2) is 43.5 Å².